The van der Waals surface area contributed by atoms with Crippen LogP contribution in [-0.4, -0.2) is 42.5 Å². The summed E-state index contributed by atoms with van der Waals surface area (Å²) in [4.78, 5) is 26.6. The Labute approximate surface area is 147 Å². The monoisotopic (exact) mass is 338 g/mol. The largest absolute Gasteiger partial charge is 0.467 e. The minimum absolute atomic E-state index is 0.123. The minimum Gasteiger partial charge on any atom is -0.467 e. The van der Waals surface area contributed by atoms with Crippen molar-refractivity contribution in [1.29, 1.82) is 0 Å². The van der Waals surface area contributed by atoms with Crippen LogP contribution >= 0.6 is 0 Å². The maximum absolute atomic E-state index is 12.5. The molecule has 1 amide bonds. The summed E-state index contributed by atoms with van der Waals surface area (Å²) in [6.45, 7) is 1.44. The maximum Gasteiger partial charge on any atom is 0.328 e. The first-order valence-electron chi connectivity index (χ1n) is 8.37. The van der Waals surface area contributed by atoms with Crippen molar-refractivity contribution in [2.75, 3.05) is 13.7 Å². The second-order valence-corrected chi connectivity index (χ2v) is 6.20. The lowest BCUT2D eigenvalue weighted by Crippen LogP contribution is -2.45. The molecule has 5 heteroatoms. The summed E-state index contributed by atoms with van der Waals surface area (Å²) in [6.07, 6.45) is 0.421. The van der Waals surface area contributed by atoms with Crippen LogP contribution in [-0.2, 0) is 27.3 Å². The van der Waals surface area contributed by atoms with E-state index in [0.717, 1.165) is 12.1 Å². The molecule has 1 saturated heterocycles. The van der Waals surface area contributed by atoms with Gasteiger partial charge in [-0.05, 0) is 11.1 Å². The summed E-state index contributed by atoms with van der Waals surface area (Å²) in [5.41, 5.74) is 2.15. The third kappa shape index (κ3) is 4.67. The summed E-state index contributed by atoms with van der Waals surface area (Å²) in [6, 6.07) is 18.8. The molecule has 5 nitrogen and oxygen atoms in total. The summed E-state index contributed by atoms with van der Waals surface area (Å²) < 4.78 is 4.84. The average molecular weight is 338 g/mol. The zero-order valence-electron chi connectivity index (χ0n) is 14.2. The van der Waals surface area contributed by atoms with Crippen LogP contribution in [0.4, 0.5) is 0 Å². The van der Waals surface area contributed by atoms with Crippen LogP contribution in [0.2, 0.25) is 0 Å². The number of nitrogens with one attached hydrogen (secondary N) is 1. The number of carbonyl (C=O) groups excluding carboxylic acids is 2. The molecule has 1 fully saturated rings. The van der Waals surface area contributed by atoms with Crippen LogP contribution in [0.5, 0.6) is 0 Å². The molecule has 1 heterocycles. The van der Waals surface area contributed by atoms with Gasteiger partial charge in [0.2, 0.25) is 5.91 Å². The molecule has 1 aliphatic rings. The van der Waals surface area contributed by atoms with Crippen LogP contribution < -0.4 is 5.32 Å². The van der Waals surface area contributed by atoms with E-state index in [1.54, 1.807) is 0 Å². The smallest absolute Gasteiger partial charge is 0.328 e. The molecule has 3 unspecified atom stereocenters. The normalized spacial score (nSPS) is 19.7. The Morgan fingerprint density at radius 2 is 1.68 bits per heavy atom. The quantitative estimate of drug-likeness (QED) is 0.617. The molecule has 2 aromatic rings. The molecule has 3 rings (SSSR count). The van der Waals surface area contributed by atoms with E-state index in [1.807, 2.05) is 60.7 Å². The summed E-state index contributed by atoms with van der Waals surface area (Å²) in [5, 5.41) is 2.84. The number of esters is 1. The Morgan fingerprint density at radius 3 is 2.28 bits per heavy atom. The Morgan fingerprint density at radius 1 is 1.08 bits per heavy atom. The Kier molecular flexibility index (Phi) is 5.46. The fourth-order valence-corrected chi connectivity index (χ4v) is 2.87. The molecule has 0 aliphatic carbocycles. The molecule has 0 saturated carbocycles. The summed E-state index contributed by atoms with van der Waals surface area (Å²) in [7, 11) is 1.34. The SMILES string of the molecule is COC(=O)C(Cc1ccccc1)NC(=O)C1CN1Cc1ccccc1. The maximum atomic E-state index is 12.5. The van der Waals surface area contributed by atoms with Gasteiger partial charge in [-0.25, -0.2) is 4.79 Å². The van der Waals surface area contributed by atoms with E-state index >= 15 is 0 Å². The van der Waals surface area contributed by atoms with Crippen molar-refractivity contribution >= 4 is 11.9 Å². The molecular formula is C20H22N2O3. The van der Waals surface area contributed by atoms with E-state index < -0.39 is 12.0 Å². The zero-order valence-corrected chi connectivity index (χ0v) is 14.2. The number of amides is 1. The number of hydrogen-bond donors (Lipinski definition) is 1. The van der Waals surface area contributed by atoms with Gasteiger partial charge in [0.25, 0.3) is 0 Å². The van der Waals surface area contributed by atoms with Gasteiger partial charge in [-0.3, -0.25) is 9.69 Å². The molecule has 0 aromatic heterocycles. The molecule has 3 atom stereocenters. The predicted octanol–water partition coefficient (Wildman–Crippen LogP) is 1.77. The molecule has 0 radical (unpaired) electrons. The van der Waals surface area contributed by atoms with Crippen LogP contribution in [0, 0.1) is 0 Å². The minimum atomic E-state index is -0.668. The topological polar surface area (TPSA) is 58.4 Å². The lowest BCUT2D eigenvalue weighted by atomic mass is 10.1. The second-order valence-electron chi connectivity index (χ2n) is 6.20. The Bertz CT molecular complexity index is 718. The first kappa shape index (κ1) is 17.2. The van der Waals surface area contributed by atoms with Crippen LogP contribution in [0.1, 0.15) is 11.1 Å². The van der Waals surface area contributed by atoms with Crippen LogP contribution in [0.15, 0.2) is 60.7 Å². The third-order valence-electron chi connectivity index (χ3n) is 4.33. The lowest BCUT2D eigenvalue weighted by molar-refractivity contribution is -0.145. The van der Waals surface area contributed by atoms with Gasteiger partial charge in [-0.2, -0.15) is 0 Å². The van der Waals surface area contributed by atoms with Gasteiger partial charge in [0.15, 0.2) is 0 Å². The molecule has 0 spiro atoms. The Hall–Kier alpha value is -2.66. The second kappa shape index (κ2) is 7.94. The van der Waals surface area contributed by atoms with Crippen molar-refractivity contribution in [3.63, 3.8) is 0 Å². The van der Waals surface area contributed by atoms with Gasteiger partial charge in [0, 0.05) is 19.5 Å². The molecule has 1 aliphatic heterocycles. The number of nitrogens with zero attached hydrogens (tertiary/aromatic N) is 1. The van der Waals surface area contributed by atoms with Crippen molar-refractivity contribution in [3.8, 4) is 0 Å². The summed E-state index contributed by atoms with van der Waals surface area (Å²) >= 11 is 0. The standard InChI is InChI=1S/C20H22N2O3/c1-25-20(24)17(12-15-8-4-2-5-9-15)21-19(23)18-14-22(18)13-16-10-6-3-7-11-16/h2-11,17-18H,12-14H2,1H3,(H,21,23). The van der Waals surface area contributed by atoms with E-state index in [4.69, 9.17) is 4.74 Å². The van der Waals surface area contributed by atoms with E-state index in [-0.39, 0.29) is 11.9 Å². The highest BCUT2D eigenvalue weighted by molar-refractivity contribution is 5.89. The van der Waals surface area contributed by atoms with Crippen molar-refractivity contribution in [1.82, 2.24) is 10.2 Å². The average Bonchev–Trinajstić information content (AvgIpc) is 3.41. The van der Waals surface area contributed by atoms with Gasteiger partial charge < -0.3 is 10.1 Å². The molecule has 1 N–H and O–H groups in total. The number of carbonyl (C=O) groups is 2. The number of rotatable bonds is 7. The van der Waals surface area contributed by atoms with Crippen molar-refractivity contribution in [2.24, 2.45) is 0 Å². The van der Waals surface area contributed by atoms with E-state index in [1.165, 1.54) is 12.7 Å². The first-order chi connectivity index (χ1) is 12.2. The molecular weight excluding hydrogens is 316 g/mol. The van der Waals surface area contributed by atoms with Gasteiger partial charge in [0.1, 0.15) is 12.1 Å². The molecule has 25 heavy (non-hydrogen) atoms. The van der Waals surface area contributed by atoms with Crippen molar-refractivity contribution in [2.45, 2.75) is 25.0 Å². The summed E-state index contributed by atoms with van der Waals surface area (Å²) in [5.74, 6) is -0.547. The van der Waals surface area contributed by atoms with Crippen LogP contribution in [0.25, 0.3) is 0 Å². The number of benzene rings is 2. The molecule has 0 bridgehead atoms. The van der Waals surface area contributed by atoms with E-state index in [0.29, 0.717) is 13.0 Å². The van der Waals surface area contributed by atoms with Crippen molar-refractivity contribution in [3.05, 3.63) is 71.8 Å². The van der Waals surface area contributed by atoms with Gasteiger partial charge >= 0.3 is 5.97 Å². The highest BCUT2D eigenvalue weighted by atomic mass is 16.5. The lowest BCUT2D eigenvalue weighted by Gasteiger charge is -2.16. The highest BCUT2D eigenvalue weighted by Gasteiger charge is 2.41. The van der Waals surface area contributed by atoms with Crippen molar-refractivity contribution < 1.29 is 14.3 Å². The number of methoxy groups -OCH3 is 1. The predicted molar refractivity (Wildman–Crippen MR) is 94.7 cm³/mol. The Balaban J connectivity index is 1.56. The van der Waals surface area contributed by atoms with Gasteiger partial charge in [0.05, 0.1) is 7.11 Å². The molecule has 2 aromatic carbocycles. The number of hydrogen-bond acceptors (Lipinski definition) is 4. The van der Waals surface area contributed by atoms with E-state index in [2.05, 4.69) is 10.2 Å². The first-order valence-corrected chi connectivity index (χ1v) is 8.37. The van der Waals surface area contributed by atoms with Gasteiger partial charge in [-0.15, -0.1) is 0 Å². The van der Waals surface area contributed by atoms with Crippen LogP contribution in [0.3, 0.4) is 0 Å². The third-order valence-corrected chi connectivity index (χ3v) is 4.33. The molecule has 130 valence electrons. The fraction of sp³-hybridized carbons (Fsp3) is 0.300. The van der Waals surface area contributed by atoms with E-state index in [9.17, 15) is 9.59 Å². The number of ether oxygens (including phenoxy) is 1. The highest BCUT2D eigenvalue weighted by Crippen LogP contribution is 2.21. The van der Waals surface area contributed by atoms with Gasteiger partial charge in [-0.1, -0.05) is 60.7 Å². The fourth-order valence-electron chi connectivity index (χ4n) is 2.87. The zero-order chi connectivity index (χ0) is 17.6.